The van der Waals surface area contributed by atoms with E-state index in [1.807, 2.05) is 13.1 Å². The molecule has 0 spiro atoms. The van der Waals surface area contributed by atoms with Gasteiger partial charge in [0.25, 0.3) is 0 Å². The molecule has 0 saturated heterocycles. The van der Waals surface area contributed by atoms with Crippen LogP contribution in [0.4, 0.5) is 0 Å². The molecule has 120 valence electrons. The Morgan fingerprint density at radius 3 is 2.86 bits per heavy atom. The van der Waals surface area contributed by atoms with Crippen molar-refractivity contribution in [2.75, 3.05) is 32.8 Å². The summed E-state index contributed by atoms with van der Waals surface area (Å²) in [7, 11) is 0. The molecule has 0 unspecified atom stereocenters. The van der Waals surface area contributed by atoms with Crippen LogP contribution < -0.4 is 10.6 Å². The SMILES string of the molecule is CCNC(=NCCCc1cn[nH]c1C)NCCCOCC. The van der Waals surface area contributed by atoms with Gasteiger partial charge in [0.1, 0.15) is 0 Å². The van der Waals surface area contributed by atoms with Crippen molar-refractivity contribution in [3.05, 3.63) is 17.5 Å². The van der Waals surface area contributed by atoms with E-state index in [4.69, 9.17) is 4.74 Å². The Hall–Kier alpha value is -1.56. The standard InChI is InChI=1S/C15H29N5O/c1-4-16-15(18-10-7-11-21-5-2)17-9-6-8-14-12-19-20-13(14)3/h12H,4-11H2,1-3H3,(H,19,20)(H2,16,17,18). The van der Waals surface area contributed by atoms with Gasteiger partial charge in [-0.25, -0.2) is 0 Å². The maximum atomic E-state index is 5.32. The largest absolute Gasteiger partial charge is 0.382 e. The molecule has 0 bridgehead atoms. The number of ether oxygens (including phenoxy) is 1. The molecule has 0 aromatic carbocycles. The van der Waals surface area contributed by atoms with E-state index in [1.165, 1.54) is 5.56 Å². The van der Waals surface area contributed by atoms with Crippen LogP contribution in [-0.4, -0.2) is 49.0 Å². The summed E-state index contributed by atoms with van der Waals surface area (Å²) in [5.41, 5.74) is 2.43. The highest BCUT2D eigenvalue weighted by Crippen LogP contribution is 2.05. The number of hydrogen-bond donors (Lipinski definition) is 3. The third-order valence-corrected chi connectivity index (χ3v) is 3.11. The monoisotopic (exact) mass is 295 g/mol. The maximum Gasteiger partial charge on any atom is 0.191 e. The van der Waals surface area contributed by atoms with E-state index in [9.17, 15) is 0 Å². The van der Waals surface area contributed by atoms with Crippen molar-refractivity contribution in [3.8, 4) is 0 Å². The number of aryl methyl sites for hydroxylation is 2. The summed E-state index contributed by atoms with van der Waals surface area (Å²) in [4.78, 5) is 4.58. The van der Waals surface area contributed by atoms with Gasteiger partial charge in [0.05, 0.1) is 6.20 Å². The van der Waals surface area contributed by atoms with Gasteiger partial charge in [-0.3, -0.25) is 10.1 Å². The molecule has 0 aliphatic heterocycles. The Morgan fingerprint density at radius 1 is 1.33 bits per heavy atom. The lowest BCUT2D eigenvalue weighted by Gasteiger charge is -2.11. The molecule has 0 aliphatic carbocycles. The first-order chi connectivity index (χ1) is 10.3. The van der Waals surface area contributed by atoms with Gasteiger partial charge in [-0.05, 0) is 45.6 Å². The normalized spacial score (nSPS) is 11.7. The van der Waals surface area contributed by atoms with Crippen LogP contribution in [0.2, 0.25) is 0 Å². The summed E-state index contributed by atoms with van der Waals surface area (Å²) in [6, 6.07) is 0. The lowest BCUT2D eigenvalue weighted by atomic mass is 10.1. The van der Waals surface area contributed by atoms with E-state index in [0.717, 1.165) is 63.8 Å². The molecule has 1 aromatic rings. The highest BCUT2D eigenvalue weighted by Gasteiger charge is 2.00. The Kier molecular flexibility index (Phi) is 9.28. The van der Waals surface area contributed by atoms with Gasteiger partial charge in [0.15, 0.2) is 5.96 Å². The molecular weight excluding hydrogens is 266 g/mol. The van der Waals surface area contributed by atoms with Gasteiger partial charge in [0.2, 0.25) is 0 Å². The van der Waals surface area contributed by atoms with Crippen LogP contribution in [0.25, 0.3) is 0 Å². The number of aromatic amines is 1. The van der Waals surface area contributed by atoms with Crippen LogP contribution in [0.3, 0.4) is 0 Å². The van der Waals surface area contributed by atoms with Gasteiger partial charge in [-0.2, -0.15) is 5.10 Å². The molecule has 0 atom stereocenters. The van der Waals surface area contributed by atoms with Crippen molar-refractivity contribution in [1.82, 2.24) is 20.8 Å². The molecule has 0 aliphatic rings. The highest BCUT2D eigenvalue weighted by atomic mass is 16.5. The minimum atomic E-state index is 0.779. The molecule has 1 aromatic heterocycles. The van der Waals surface area contributed by atoms with E-state index in [0.29, 0.717) is 0 Å². The fraction of sp³-hybridized carbons (Fsp3) is 0.733. The lowest BCUT2D eigenvalue weighted by Crippen LogP contribution is -2.38. The van der Waals surface area contributed by atoms with Gasteiger partial charge in [-0.1, -0.05) is 0 Å². The number of aliphatic imine (C=N–C) groups is 1. The molecule has 6 nitrogen and oxygen atoms in total. The molecule has 0 saturated carbocycles. The zero-order valence-electron chi connectivity index (χ0n) is 13.5. The van der Waals surface area contributed by atoms with E-state index in [1.54, 1.807) is 0 Å². The van der Waals surface area contributed by atoms with Gasteiger partial charge >= 0.3 is 0 Å². The average Bonchev–Trinajstić information content (AvgIpc) is 2.88. The summed E-state index contributed by atoms with van der Waals surface area (Å²) in [5, 5.41) is 13.6. The summed E-state index contributed by atoms with van der Waals surface area (Å²) < 4.78 is 5.32. The second-order valence-corrected chi connectivity index (χ2v) is 4.86. The number of guanidine groups is 1. The van der Waals surface area contributed by atoms with E-state index in [-0.39, 0.29) is 0 Å². The topological polar surface area (TPSA) is 74.3 Å². The Balaban J connectivity index is 2.22. The molecular formula is C15H29N5O. The summed E-state index contributed by atoms with van der Waals surface area (Å²) in [5.74, 6) is 0.887. The van der Waals surface area contributed by atoms with Crippen LogP contribution >= 0.6 is 0 Å². The Labute approximate surface area is 127 Å². The van der Waals surface area contributed by atoms with Crippen LogP contribution in [0.5, 0.6) is 0 Å². The summed E-state index contributed by atoms with van der Waals surface area (Å²) in [6.07, 6.45) is 4.92. The van der Waals surface area contributed by atoms with Crippen LogP contribution in [0, 0.1) is 6.92 Å². The molecule has 6 heteroatoms. The van der Waals surface area contributed by atoms with Gasteiger partial charge in [0, 0.05) is 38.5 Å². The predicted molar refractivity (Wildman–Crippen MR) is 86.7 cm³/mol. The van der Waals surface area contributed by atoms with Crippen LogP contribution in [-0.2, 0) is 11.2 Å². The van der Waals surface area contributed by atoms with E-state index < -0.39 is 0 Å². The van der Waals surface area contributed by atoms with Gasteiger partial charge in [-0.15, -0.1) is 0 Å². The predicted octanol–water partition coefficient (Wildman–Crippen LogP) is 1.63. The van der Waals surface area contributed by atoms with Crippen LogP contribution in [0.1, 0.15) is 37.9 Å². The fourth-order valence-corrected chi connectivity index (χ4v) is 1.96. The summed E-state index contributed by atoms with van der Waals surface area (Å²) >= 11 is 0. The number of nitrogens with zero attached hydrogens (tertiary/aromatic N) is 2. The molecule has 21 heavy (non-hydrogen) atoms. The zero-order valence-corrected chi connectivity index (χ0v) is 13.5. The Bertz CT molecular complexity index is 403. The van der Waals surface area contributed by atoms with Crippen molar-refractivity contribution >= 4 is 5.96 Å². The third kappa shape index (κ3) is 7.70. The Morgan fingerprint density at radius 2 is 2.19 bits per heavy atom. The second kappa shape index (κ2) is 11.1. The zero-order chi connectivity index (χ0) is 15.3. The molecule has 1 heterocycles. The fourth-order valence-electron chi connectivity index (χ4n) is 1.96. The summed E-state index contributed by atoms with van der Waals surface area (Å²) in [6.45, 7) is 10.3. The van der Waals surface area contributed by atoms with Gasteiger partial charge < -0.3 is 15.4 Å². The third-order valence-electron chi connectivity index (χ3n) is 3.11. The minimum absolute atomic E-state index is 0.779. The van der Waals surface area contributed by atoms with Crippen molar-refractivity contribution < 1.29 is 4.74 Å². The number of hydrogen-bond acceptors (Lipinski definition) is 3. The first kappa shape index (κ1) is 17.5. The first-order valence-electron chi connectivity index (χ1n) is 7.86. The number of aromatic nitrogens is 2. The van der Waals surface area contributed by atoms with Crippen molar-refractivity contribution in [1.29, 1.82) is 0 Å². The minimum Gasteiger partial charge on any atom is -0.382 e. The molecule has 3 N–H and O–H groups in total. The maximum absolute atomic E-state index is 5.32. The number of nitrogens with one attached hydrogen (secondary N) is 3. The first-order valence-corrected chi connectivity index (χ1v) is 7.86. The smallest absolute Gasteiger partial charge is 0.191 e. The number of rotatable bonds is 10. The molecule has 0 fully saturated rings. The van der Waals surface area contributed by atoms with Crippen LogP contribution in [0.15, 0.2) is 11.2 Å². The second-order valence-electron chi connectivity index (χ2n) is 4.86. The quantitative estimate of drug-likeness (QED) is 0.348. The van der Waals surface area contributed by atoms with Crippen molar-refractivity contribution in [2.45, 2.75) is 40.0 Å². The van der Waals surface area contributed by atoms with E-state index in [2.05, 4.69) is 39.7 Å². The van der Waals surface area contributed by atoms with E-state index >= 15 is 0 Å². The molecule has 1 rings (SSSR count). The van der Waals surface area contributed by atoms with Crippen molar-refractivity contribution in [2.24, 2.45) is 4.99 Å². The average molecular weight is 295 g/mol. The molecule has 0 radical (unpaired) electrons. The number of H-pyrrole nitrogens is 1. The highest BCUT2D eigenvalue weighted by molar-refractivity contribution is 5.79. The molecule has 0 amide bonds. The van der Waals surface area contributed by atoms with Crippen molar-refractivity contribution in [3.63, 3.8) is 0 Å². The lowest BCUT2D eigenvalue weighted by molar-refractivity contribution is 0.145.